The first-order valence-corrected chi connectivity index (χ1v) is 9.75. The van der Waals surface area contributed by atoms with E-state index in [1.807, 2.05) is 30.3 Å². The van der Waals surface area contributed by atoms with Gasteiger partial charge < -0.3 is 21.1 Å². The van der Waals surface area contributed by atoms with Crippen LogP contribution in [0.2, 0.25) is 0 Å². The summed E-state index contributed by atoms with van der Waals surface area (Å²) >= 11 is 0. The number of dihydropyridines is 1. The Balaban J connectivity index is 0.000000210. The Morgan fingerprint density at radius 1 is 1.19 bits per heavy atom. The maximum absolute atomic E-state index is 11.8. The van der Waals surface area contributed by atoms with Gasteiger partial charge in [-0.2, -0.15) is 13.2 Å². The van der Waals surface area contributed by atoms with E-state index in [0.717, 1.165) is 61.2 Å². The van der Waals surface area contributed by atoms with Crippen LogP contribution in [0.5, 0.6) is 0 Å². The predicted molar refractivity (Wildman–Crippen MR) is 112 cm³/mol. The van der Waals surface area contributed by atoms with E-state index in [2.05, 4.69) is 15.2 Å². The number of halogens is 3. The minimum Gasteiger partial charge on any atom is -0.370 e. The number of carbonyl (C=O) groups is 1. The number of nitrogens with two attached hydrogens (primary N) is 1. The lowest BCUT2D eigenvalue weighted by atomic mass is 10.1. The monoisotopic (exact) mass is 432 g/mol. The van der Waals surface area contributed by atoms with Crippen LogP contribution >= 0.6 is 0 Å². The molecule has 2 aliphatic heterocycles. The van der Waals surface area contributed by atoms with Crippen LogP contribution in [0.15, 0.2) is 66.5 Å². The summed E-state index contributed by atoms with van der Waals surface area (Å²) in [4.78, 5) is 18.4. The van der Waals surface area contributed by atoms with Crippen molar-refractivity contribution in [3.63, 3.8) is 0 Å². The number of primary amides is 1. The number of rotatable bonds is 3. The zero-order chi connectivity index (χ0) is 22.4. The fraction of sp³-hybridized carbons (Fsp3) is 0.273. The number of carbonyl (C=O) groups excluding carboxylic acids is 1. The molecule has 6 nitrogen and oxygen atoms in total. The highest BCUT2D eigenvalue weighted by atomic mass is 19.4. The average Bonchev–Trinajstić information content (AvgIpc) is 3.29. The largest absolute Gasteiger partial charge is 0.417 e. The Morgan fingerprint density at radius 3 is 2.42 bits per heavy atom. The average molecular weight is 432 g/mol. The third-order valence-electron chi connectivity index (χ3n) is 4.86. The number of aliphatic hydroxyl groups is 1. The Kier molecular flexibility index (Phi) is 6.96. The third kappa shape index (κ3) is 5.85. The number of amides is 1. The molecular formula is C22H23F3N4O2. The van der Waals surface area contributed by atoms with Crippen molar-refractivity contribution in [3.05, 3.63) is 72.1 Å². The van der Waals surface area contributed by atoms with Gasteiger partial charge in [0.2, 0.25) is 0 Å². The van der Waals surface area contributed by atoms with Crippen molar-refractivity contribution in [2.24, 2.45) is 5.73 Å². The number of allylic oxidation sites excluding steroid dienone is 2. The molecule has 1 amide bonds. The number of aliphatic hydroxyl groups excluding tert-OH is 1. The number of benzene rings is 1. The van der Waals surface area contributed by atoms with E-state index >= 15 is 0 Å². The maximum Gasteiger partial charge on any atom is 0.417 e. The molecule has 0 aliphatic carbocycles. The number of aromatic nitrogens is 1. The number of hydrogen-bond donors (Lipinski definition) is 3. The van der Waals surface area contributed by atoms with Crippen LogP contribution in [0.4, 0.5) is 18.9 Å². The van der Waals surface area contributed by atoms with Crippen LogP contribution < -0.4 is 16.0 Å². The summed E-state index contributed by atoms with van der Waals surface area (Å²) in [5, 5.41) is 10.8. The molecule has 1 saturated heterocycles. The molecule has 164 valence electrons. The molecule has 1 aromatic heterocycles. The van der Waals surface area contributed by atoms with Gasteiger partial charge in [0, 0.05) is 24.9 Å². The van der Waals surface area contributed by atoms with Gasteiger partial charge in [0.1, 0.15) is 6.23 Å². The van der Waals surface area contributed by atoms with E-state index in [9.17, 15) is 18.0 Å². The normalized spacial score (nSPS) is 18.0. The highest BCUT2D eigenvalue weighted by Crippen LogP contribution is 2.28. The molecule has 3 heterocycles. The number of nitrogens with one attached hydrogen (secondary N) is 1. The summed E-state index contributed by atoms with van der Waals surface area (Å²) < 4.78 is 35.5. The first-order valence-electron chi connectivity index (χ1n) is 9.75. The molecular weight excluding hydrogens is 409 g/mol. The van der Waals surface area contributed by atoms with Gasteiger partial charge in [-0.15, -0.1) is 0 Å². The molecule has 0 saturated carbocycles. The first-order chi connectivity index (χ1) is 14.8. The first kappa shape index (κ1) is 22.4. The van der Waals surface area contributed by atoms with Crippen molar-refractivity contribution in [2.75, 3.05) is 18.0 Å². The van der Waals surface area contributed by atoms with Crippen LogP contribution in [-0.4, -0.2) is 41.5 Å². The van der Waals surface area contributed by atoms with Crippen LogP contribution in [-0.2, 0) is 0 Å². The van der Waals surface area contributed by atoms with Gasteiger partial charge in [-0.1, -0.05) is 30.3 Å². The summed E-state index contributed by atoms with van der Waals surface area (Å²) in [6.45, 7) is 1.93. The zero-order valence-corrected chi connectivity index (χ0v) is 16.6. The molecule has 2 aliphatic rings. The standard InChI is InChI=1S/C16H17N3O.C6H6F3NO/c17-16(20)13-10-14(12-6-2-1-3-7-12)18-11-15(13)19-8-4-5-9-19;7-6(8,9)4-1-2-5(11)10-3-4/h1-3,6-7,10-11H,4-5,8-9H2,(H2,17,20);1-3,5,10-11H. The molecule has 9 heteroatoms. The topological polar surface area (TPSA) is 91.5 Å². The van der Waals surface area contributed by atoms with Gasteiger partial charge in [0.05, 0.1) is 28.7 Å². The van der Waals surface area contributed by atoms with Crippen molar-refractivity contribution in [1.82, 2.24) is 10.3 Å². The fourth-order valence-electron chi connectivity index (χ4n) is 3.27. The van der Waals surface area contributed by atoms with Gasteiger partial charge in [-0.25, -0.2) is 0 Å². The minimum absolute atomic E-state index is 0.397. The Labute approximate surface area is 177 Å². The van der Waals surface area contributed by atoms with E-state index in [1.54, 1.807) is 12.3 Å². The van der Waals surface area contributed by atoms with E-state index in [1.165, 1.54) is 0 Å². The van der Waals surface area contributed by atoms with Crippen LogP contribution in [0.1, 0.15) is 23.2 Å². The third-order valence-corrected chi connectivity index (χ3v) is 4.86. The fourth-order valence-corrected chi connectivity index (χ4v) is 3.27. The lowest BCUT2D eigenvalue weighted by Gasteiger charge is -2.20. The van der Waals surface area contributed by atoms with Gasteiger partial charge in [-0.05, 0) is 31.1 Å². The van der Waals surface area contributed by atoms with E-state index in [-0.39, 0.29) is 0 Å². The smallest absolute Gasteiger partial charge is 0.370 e. The second-order valence-corrected chi connectivity index (χ2v) is 7.08. The molecule has 0 radical (unpaired) electrons. The second-order valence-electron chi connectivity index (χ2n) is 7.08. The van der Waals surface area contributed by atoms with Crippen molar-refractivity contribution < 1.29 is 23.1 Å². The lowest BCUT2D eigenvalue weighted by molar-refractivity contribution is -0.0891. The van der Waals surface area contributed by atoms with Gasteiger partial charge in [0.15, 0.2) is 0 Å². The summed E-state index contributed by atoms with van der Waals surface area (Å²) in [6, 6.07) is 11.6. The van der Waals surface area contributed by atoms with Crippen LogP contribution in [0.25, 0.3) is 11.3 Å². The lowest BCUT2D eigenvalue weighted by Crippen LogP contribution is -2.27. The molecule has 1 unspecified atom stereocenters. The molecule has 4 rings (SSSR count). The Morgan fingerprint density at radius 2 is 1.87 bits per heavy atom. The SMILES string of the molecule is NC(=O)c1cc(-c2ccccc2)ncc1N1CCCC1.OC1C=CC(C(F)(F)F)=CN1. The number of hydrogen-bond acceptors (Lipinski definition) is 5. The number of pyridine rings is 1. The van der Waals surface area contributed by atoms with E-state index in [4.69, 9.17) is 10.8 Å². The molecule has 2 aromatic rings. The van der Waals surface area contributed by atoms with Crippen molar-refractivity contribution in [1.29, 1.82) is 0 Å². The van der Waals surface area contributed by atoms with Crippen LogP contribution in [0, 0.1) is 0 Å². The Bertz CT molecular complexity index is 968. The molecule has 0 spiro atoms. The number of anilines is 1. The molecule has 1 atom stereocenters. The van der Waals surface area contributed by atoms with E-state index in [0.29, 0.717) is 5.56 Å². The molecule has 31 heavy (non-hydrogen) atoms. The summed E-state index contributed by atoms with van der Waals surface area (Å²) in [7, 11) is 0. The maximum atomic E-state index is 11.8. The van der Waals surface area contributed by atoms with Crippen molar-refractivity contribution >= 4 is 11.6 Å². The summed E-state index contributed by atoms with van der Waals surface area (Å²) in [5.41, 5.74) is 7.93. The highest BCUT2D eigenvalue weighted by molar-refractivity contribution is 5.99. The van der Waals surface area contributed by atoms with Crippen molar-refractivity contribution in [3.8, 4) is 11.3 Å². The summed E-state index contributed by atoms with van der Waals surface area (Å²) in [5.74, 6) is -0.397. The number of nitrogens with zero attached hydrogens (tertiary/aromatic N) is 2. The molecule has 1 fully saturated rings. The van der Waals surface area contributed by atoms with Gasteiger partial charge in [-0.3, -0.25) is 9.78 Å². The minimum atomic E-state index is -4.34. The summed E-state index contributed by atoms with van der Waals surface area (Å²) in [6.07, 6.45) is 1.32. The van der Waals surface area contributed by atoms with Crippen LogP contribution in [0.3, 0.4) is 0 Å². The second kappa shape index (κ2) is 9.65. The molecule has 4 N–H and O–H groups in total. The van der Waals surface area contributed by atoms with Gasteiger partial charge >= 0.3 is 6.18 Å². The van der Waals surface area contributed by atoms with Gasteiger partial charge in [0.25, 0.3) is 5.91 Å². The number of alkyl halides is 3. The molecule has 0 bridgehead atoms. The van der Waals surface area contributed by atoms with Crippen molar-refractivity contribution in [2.45, 2.75) is 25.2 Å². The zero-order valence-electron chi connectivity index (χ0n) is 16.6. The van der Waals surface area contributed by atoms with E-state index < -0.39 is 23.9 Å². The molecule has 1 aromatic carbocycles. The Hall–Kier alpha value is -3.33. The predicted octanol–water partition coefficient (Wildman–Crippen LogP) is 3.36. The quantitative estimate of drug-likeness (QED) is 0.692. The highest BCUT2D eigenvalue weighted by Gasteiger charge is 2.32.